The Kier molecular flexibility index (Phi) is 3.87. The first kappa shape index (κ1) is 14.8. The summed E-state index contributed by atoms with van der Waals surface area (Å²) < 4.78 is 0. The van der Waals surface area contributed by atoms with E-state index in [1.54, 1.807) is 18.6 Å². The van der Waals surface area contributed by atoms with E-state index in [9.17, 15) is 4.79 Å². The van der Waals surface area contributed by atoms with E-state index in [1.165, 1.54) is 37.3 Å². The zero-order chi connectivity index (χ0) is 15.8. The SMILES string of the molecule is C[C@@H]1[C@H](NC(=O)c2cnc(-c3cccnc3)s2)C2CCN1CC2. The minimum absolute atomic E-state index is 0.00300. The molecule has 2 atom stereocenters. The van der Waals surface area contributed by atoms with Crippen LogP contribution in [0.1, 0.15) is 29.4 Å². The van der Waals surface area contributed by atoms with Gasteiger partial charge in [-0.2, -0.15) is 0 Å². The minimum atomic E-state index is 0.00300. The van der Waals surface area contributed by atoms with Crippen LogP contribution in [-0.4, -0.2) is 45.9 Å². The summed E-state index contributed by atoms with van der Waals surface area (Å²) in [5.74, 6) is 0.618. The fourth-order valence-corrected chi connectivity index (χ4v) is 4.58. The van der Waals surface area contributed by atoms with Crippen LogP contribution in [0.3, 0.4) is 0 Å². The van der Waals surface area contributed by atoms with Crippen molar-refractivity contribution in [3.63, 3.8) is 0 Å². The van der Waals surface area contributed by atoms with Gasteiger partial charge in [-0.3, -0.25) is 14.7 Å². The van der Waals surface area contributed by atoms with Crippen molar-refractivity contribution in [3.05, 3.63) is 35.6 Å². The zero-order valence-electron chi connectivity index (χ0n) is 13.1. The van der Waals surface area contributed by atoms with Crippen molar-refractivity contribution in [3.8, 4) is 10.6 Å². The van der Waals surface area contributed by atoms with Crippen molar-refractivity contribution < 1.29 is 4.79 Å². The predicted molar refractivity (Wildman–Crippen MR) is 90.4 cm³/mol. The molecule has 3 fully saturated rings. The summed E-state index contributed by atoms with van der Waals surface area (Å²) in [6, 6.07) is 4.53. The number of carbonyl (C=O) groups is 1. The van der Waals surface area contributed by atoms with Crippen LogP contribution in [0.15, 0.2) is 30.7 Å². The summed E-state index contributed by atoms with van der Waals surface area (Å²) in [5, 5.41) is 4.09. The van der Waals surface area contributed by atoms with Crippen molar-refractivity contribution in [2.24, 2.45) is 5.92 Å². The van der Waals surface area contributed by atoms with Gasteiger partial charge in [-0.15, -0.1) is 11.3 Å². The van der Waals surface area contributed by atoms with Crippen LogP contribution >= 0.6 is 11.3 Å². The highest BCUT2D eigenvalue weighted by atomic mass is 32.1. The second-order valence-corrected chi connectivity index (χ2v) is 7.42. The molecule has 1 N–H and O–H groups in total. The van der Waals surface area contributed by atoms with E-state index in [0.717, 1.165) is 10.6 Å². The van der Waals surface area contributed by atoms with Crippen molar-refractivity contribution in [2.45, 2.75) is 31.8 Å². The Morgan fingerprint density at radius 1 is 1.35 bits per heavy atom. The zero-order valence-corrected chi connectivity index (χ0v) is 13.9. The number of thiazole rings is 1. The molecule has 0 unspecified atom stereocenters. The first-order chi connectivity index (χ1) is 11.2. The molecule has 0 spiro atoms. The van der Waals surface area contributed by atoms with Crippen LogP contribution in [0.25, 0.3) is 10.6 Å². The molecule has 0 radical (unpaired) electrons. The number of piperidine rings is 3. The highest BCUT2D eigenvalue weighted by molar-refractivity contribution is 7.16. The van der Waals surface area contributed by atoms with E-state index in [4.69, 9.17) is 0 Å². The molecule has 3 aliphatic rings. The first-order valence-electron chi connectivity index (χ1n) is 8.13. The van der Waals surface area contributed by atoms with E-state index in [-0.39, 0.29) is 11.9 Å². The van der Waals surface area contributed by atoms with E-state index in [1.807, 2.05) is 12.1 Å². The number of nitrogens with zero attached hydrogens (tertiary/aromatic N) is 3. The van der Waals surface area contributed by atoms with Crippen LogP contribution in [-0.2, 0) is 0 Å². The number of rotatable bonds is 3. The van der Waals surface area contributed by atoms with Gasteiger partial charge in [0.1, 0.15) is 9.88 Å². The van der Waals surface area contributed by atoms with Crippen LogP contribution in [0.5, 0.6) is 0 Å². The molecule has 3 aliphatic heterocycles. The smallest absolute Gasteiger partial charge is 0.263 e. The summed E-state index contributed by atoms with van der Waals surface area (Å²) >= 11 is 1.43. The van der Waals surface area contributed by atoms with Gasteiger partial charge in [-0.1, -0.05) is 0 Å². The quantitative estimate of drug-likeness (QED) is 0.940. The van der Waals surface area contributed by atoms with Gasteiger partial charge in [-0.05, 0) is 50.9 Å². The third-order valence-corrected chi connectivity index (χ3v) is 6.16. The van der Waals surface area contributed by atoms with Crippen molar-refractivity contribution in [1.82, 2.24) is 20.2 Å². The number of hydrogen-bond acceptors (Lipinski definition) is 5. The molecule has 2 aromatic rings. The van der Waals surface area contributed by atoms with Gasteiger partial charge in [0.15, 0.2) is 0 Å². The Labute approximate surface area is 139 Å². The predicted octanol–water partition coefficient (Wildman–Crippen LogP) is 2.42. The van der Waals surface area contributed by atoms with Gasteiger partial charge in [0, 0.05) is 30.0 Å². The van der Waals surface area contributed by atoms with E-state index in [0.29, 0.717) is 16.8 Å². The first-order valence-corrected chi connectivity index (χ1v) is 8.95. The van der Waals surface area contributed by atoms with Gasteiger partial charge in [0.2, 0.25) is 0 Å². The maximum absolute atomic E-state index is 12.6. The molecule has 120 valence electrons. The Balaban J connectivity index is 1.49. The van der Waals surface area contributed by atoms with E-state index in [2.05, 4.69) is 27.1 Å². The summed E-state index contributed by atoms with van der Waals surface area (Å²) in [6.45, 7) is 4.57. The summed E-state index contributed by atoms with van der Waals surface area (Å²) in [5.41, 5.74) is 0.952. The van der Waals surface area contributed by atoms with E-state index >= 15 is 0 Å². The Bertz CT molecular complexity index is 692. The fraction of sp³-hybridized carbons (Fsp3) is 0.471. The highest BCUT2D eigenvalue weighted by Crippen LogP contribution is 2.32. The monoisotopic (exact) mass is 328 g/mol. The Hall–Kier alpha value is -1.79. The normalized spacial score (nSPS) is 29.4. The van der Waals surface area contributed by atoms with Gasteiger partial charge in [0.05, 0.1) is 6.20 Å². The van der Waals surface area contributed by atoms with Crippen LogP contribution in [0, 0.1) is 5.92 Å². The molecule has 0 aliphatic carbocycles. The molecule has 1 amide bonds. The average Bonchev–Trinajstić information content (AvgIpc) is 3.09. The van der Waals surface area contributed by atoms with E-state index < -0.39 is 0 Å². The van der Waals surface area contributed by atoms with Crippen molar-refractivity contribution >= 4 is 17.2 Å². The number of amides is 1. The van der Waals surface area contributed by atoms with Crippen LogP contribution in [0.2, 0.25) is 0 Å². The molecule has 2 bridgehead atoms. The molecular formula is C17H20N4OS. The fourth-order valence-electron chi connectivity index (χ4n) is 3.77. The molecule has 2 aromatic heterocycles. The number of pyridine rings is 1. The van der Waals surface area contributed by atoms with Crippen LogP contribution < -0.4 is 5.32 Å². The maximum atomic E-state index is 12.6. The lowest BCUT2D eigenvalue weighted by Crippen LogP contribution is -2.62. The van der Waals surface area contributed by atoms with Gasteiger partial charge in [0.25, 0.3) is 5.91 Å². The third-order valence-electron chi connectivity index (χ3n) is 5.11. The molecule has 0 aromatic carbocycles. The van der Waals surface area contributed by atoms with Crippen molar-refractivity contribution in [2.75, 3.05) is 13.1 Å². The number of hydrogen-bond donors (Lipinski definition) is 1. The summed E-state index contributed by atoms with van der Waals surface area (Å²) in [7, 11) is 0. The molecule has 5 nitrogen and oxygen atoms in total. The topological polar surface area (TPSA) is 58.1 Å². The largest absolute Gasteiger partial charge is 0.347 e. The molecule has 3 saturated heterocycles. The summed E-state index contributed by atoms with van der Waals surface area (Å²) in [6.07, 6.45) is 7.57. The van der Waals surface area contributed by atoms with Gasteiger partial charge < -0.3 is 5.32 Å². The molecule has 5 rings (SSSR count). The number of fused-ring (bicyclic) bond motifs is 3. The lowest BCUT2D eigenvalue weighted by Gasteiger charge is -2.49. The number of carbonyl (C=O) groups excluding carboxylic acids is 1. The molecular weight excluding hydrogens is 308 g/mol. The lowest BCUT2D eigenvalue weighted by atomic mass is 9.79. The Morgan fingerprint density at radius 2 is 2.17 bits per heavy atom. The molecule has 0 saturated carbocycles. The van der Waals surface area contributed by atoms with Crippen LogP contribution in [0.4, 0.5) is 0 Å². The Morgan fingerprint density at radius 3 is 2.87 bits per heavy atom. The number of nitrogens with one attached hydrogen (secondary N) is 1. The van der Waals surface area contributed by atoms with Crippen molar-refractivity contribution in [1.29, 1.82) is 0 Å². The summed E-state index contributed by atoms with van der Waals surface area (Å²) in [4.78, 5) is 24.2. The highest BCUT2D eigenvalue weighted by Gasteiger charge is 2.40. The number of aromatic nitrogens is 2. The minimum Gasteiger partial charge on any atom is -0.347 e. The van der Waals surface area contributed by atoms with Gasteiger partial charge in [-0.25, -0.2) is 4.98 Å². The van der Waals surface area contributed by atoms with Gasteiger partial charge >= 0.3 is 0 Å². The maximum Gasteiger partial charge on any atom is 0.263 e. The second-order valence-electron chi connectivity index (χ2n) is 6.38. The lowest BCUT2D eigenvalue weighted by molar-refractivity contribution is 0.0218. The third kappa shape index (κ3) is 2.77. The second kappa shape index (κ2) is 6.02. The molecule has 5 heterocycles. The molecule has 6 heteroatoms. The standard InChI is InChI=1S/C17H20N4OS/c1-11-15(12-4-7-21(11)8-5-12)20-16(22)14-10-19-17(23-14)13-3-2-6-18-9-13/h2-3,6,9-12,15H,4-5,7-8H2,1H3,(H,20,22)/t11-,15+/m1/s1. The molecule has 23 heavy (non-hydrogen) atoms. The average molecular weight is 328 g/mol.